The fraction of sp³-hybridized carbons (Fsp3) is 0.364. The predicted molar refractivity (Wildman–Crippen MR) is 131 cm³/mol. The summed E-state index contributed by atoms with van der Waals surface area (Å²) in [5.74, 6) is 0.743. The Bertz CT molecular complexity index is 981. The Balaban J connectivity index is 0.00000341. The largest absolute Gasteiger partial charge is 0.497 e. The van der Waals surface area contributed by atoms with Crippen LogP contribution in [0.3, 0.4) is 0 Å². The lowest BCUT2D eigenvalue weighted by Crippen LogP contribution is -2.39. The van der Waals surface area contributed by atoms with E-state index in [2.05, 4.69) is 18.7 Å². The molecule has 0 aliphatic rings. The molecule has 9 heteroatoms. The van der Waals surface area contributed by atoms with Crippen molar-refractivity contribution in [1.29, 1.82) is 0 Å². The molecule has 0 radical (unpaired) electrons. The van der Waals surface area contributed by atoms with Gasteiger partial charge in [0.2, 0.25) is 5.91 Å². The number of carbonyl (C=O) groups excluding carboxylic acids is 1. The van der Waals surface area contributed by atoms with Crippen LogP contribution in [0.4, 0.5) is 9.52 Å². The first-order valence-corrected chi connectivity index (χ1v) is 11.7. The Kier molecular flexibility index (Phi) is 10.0. The number of aromatic nitrogens is 1. The van der Waals surface area contributed by atoms with E-state index in [0.717, 1.165) is 40.5 Å². The number of hydrogen-bond acceptors (Lipinski definition) is 6. The van der Waals surface area contributed by atoms with Gasteiger partial charge in [-0.25, -0.2) is 9.37 Å². The number of hydrogen-bond donors (Lipinski definition) is 0. The first-order valence-electron chi connectivity index (χ1n) is 9.89. The fourth-order valence-corrected chi connectivity index (χ4v) is 4.81. The molecule has 1 heterocycles. The second-order valence-electron chi connectivity index (χ2n) is 6.64. The molecule has 0 bridgehead atoms. The molecule has 2 aromatic carbocycles. The summed E-state index contributed by atoms with van der Waals surface area (Å²) in [6.45, 7) is 7.44. The molecule has 0 atom stereocenters. The van der Waals surface area contributed by atoms with Crippen molar-refractivity contribution >= 4 is 56.8 Å². The van der Waals surface area contributed by atoms with Gasteiger partial charge in [-0.1, -0.05) is 25.2 Å². The van der Waals surface area contributed by atoms with Crippen molar-refractivity contribution in [1.82, 2.24) is 9.88 Å². The summed E-state index contributed by atoms with van der Waals surface area (Å²) in [5.41, 5.74) is 0.850. The first-order chi connectivity index (χ1) is 14.5. The van der Waals surface area contributed by atoms with Crippen molar-refractivity contribution in [2.75, 3.05) is 43.9 Å². The van der Waals surface area contributed by atoms with Gasteiger partial charge in [0.15, 0.2) is 5.13 Å². The molecule has 0 saturated carbocycles. The van der Waals surface area contributed by atoms with Crippen molar-refractivity contribution in [3.8, 4) is 5.75 Å². The van der Waals surface area contributed by atoms with Crippen LogP contribution in [-0.2, 0) is 4.79 Å². The Morgan fingerprint density at radius 1 is 1.13 bits per heavy atom. The zero-order valence-corrected chi connectivity index (χ0v) is 20.3. The van der Waals surface area contributed by atoms with Crippen LogP contribution in [0.2, 0.25) is 0 Å². The minimum Gasteiger partial charge on any atom is -0.497 e. The van der Waals surface area contributed by atoms with E-state index >= 15 is 0 Å². The SMILES string of the molecule is CCN(CC)CCN(C(=O)CSc1ccc(F)cc1)c1nc2ccc(OC)cc2s1.Cl. The van der Waals surface area contributed by atoms with Crippen LogP contribution >= 0.6 is 35.5 Å². The standard InChI is InChI=1S/C22H26FN3O2S2.ClH/c1-4-25(5-2)12-13-26(21(27)15-29-18-9-6-16(23)7-10-18)22-24-19-11-8-17(28-3)14-20(19)30-22;/h6-11,14H,4-5,12-13,15H2,1-3H3;1H. The number of likely N-dealkylation sites (N-methyl/N-ethyl adjacent to an activating group) is 1. The van der Waals surface area contributed by atoms with Gasteiger partial charge in [-0.15, -0.1) is 24.2 Å². The second-order valence-corrected chi connectivity index (χ2v) is 8.70. The molecule has 0 fully saturated rings. The van der Waals surface area contributed by atoms with Crippen LogP contribution in [0.15, 0.2) is 47.4 Å². The molecule has 3 rings (SSSR count). The van der Waals surface area contributed by atoms with Crippen molar-refractivity contribution in [2.24, 2.45) is 0 Å². The molecule has 5 nitrogen and oxygen atoms in total. The summed E-state index contributed by atoms with van der Waals surface area (Å²) in [6.07, 6.45) is 0. The normalized spacial score (nSPS) is 10.9. The summed E-state index contributed by atoms with van der Waals surface area (Å²) in [4.78, 5) is 22.7. The molecule has 0 saturated heterocycles. The highest BCUT2D eigenvalue weighted by Gasteiger charge is 2.21. The summed E-state index contributed by atoms with van der Waals surface area (Å²) in [6, 6.07) is 11.9. The van der Waals surface area contributed by atoms with Gasteiger partial charge in [0.25, 0.3) is 0 Å². The molecule has 168 valence electrons. The number of nitrogens with zero attached hydrogens (tertiary/aromatic N) is 3. The Morgan fingerprint density at radius 3 is 2.48 bits per heavy atom. The van der Waals surface area contributed by atoms with E-state index in [-0.39, 0.29) is 29.9 Å². The number of rotatable bonds is 10. The average molecular weight is 484 g/mol. The number of amides is 1. The second kappa shape index (κ2) is 12.2. The number of methoxy groups -OCH3 is 1. The lowest BCUT2D eigenvalue weighted by Gasteiger charge is -2.24. The number of ether oxygens (including phenoxy) is 1. The summed E-state index contributed by atoms with van der Waals surface area (Å²) >= 11 is 2.89. The van der Waals surface area contributed by atoms with E-state index in [4.69, 9.17) is 9.72 Å². The zero-order chi connectivity index (χ0) is 21.5. The highest BCUT2D eigenvalue weighted by Crippen LogP contribution is 2.32. The van der Waals surface area contributed by atoms with Gasteiger partial charge in [0.05, 0.1) is 23.1 Å². The van der Waals surface area contributed by atoms with Gasteiger partial charge in [0, 0.05) is 18.0 Å². The Morgan fingerprint density at radius 2 is 1.84 bits per heavy atom. The summed E-state index contributed by atoms with van der Waals surface area (Å²) < 4.78 is 19.4. The van der Waals surface area contributed by atoms with Crippen LogP contribution in [0.25, 0.3) is 10.2 Å². The molecule has 0 aliphatic carbocycles. The number of halogens is 2. The lowest BCUT2D eigenvalue weighted by molar-refractivity contribution is -0.116. The maximum Gasteiger partial charge on any atom is 0.239 e. The predicted octanol–water partition coefficient (Wildman–Crippen LogP) is 5.33. The smallest absolute Gasteiger partial charge is 0.239 e. The summed E-state index contributed by atoms with van der Waals surface area (Å²) in [7, 11) is 1.63. The highest BCUT2D eigenvalue weighted by atomic mass is 35.5. The molecular formula is C22H27ClFN3O2S2. The van der Waals surface area contributed by atoms with Gasteiger partial charge < -0.3 is 9.64 Å². The molecular weight excluding hydrogens is 457 g/mol. The molecule has 0 spiro atoms. The van der Waals surface area contributed by atoms with Gasteiger partial charge in [-0.3, -0.25) is 9.69 Å². The highest BCUT2D eigenvalue weighted by molar-refractivity contribution is 8.00. The minimum absolute atomic E-state index is 0. The van der Waals surface area contributed by atoms with Crippen LogP contribution in [0.5, 0.6) is 5.75 Å². The first kappa shape index (κ1) is 25.4. The number of anilines is 1. The van der Waals surface area contributed by atoms with E-state index in [1.165, 1.54) is 35.2 Å². The number of carbonyl (C=O) groups is 1. The maximum atomic E-state index is 13.1. The minimum atomic E-state index is -0.281. The average Bonchev–Trinajstić information content (AvgIpc) is 3.19. The van der Waals surface area contributed by atoms with Crippen molar-refractivity contribution in [3.63, 3.8) is 0 Å². The number of fused-ring (bicyclic) bond motifs is 1. The fourth-order valence-electron chi connectivity index (χ4n) is 3.00. The van der Waals surface area contributed by atoms with Crippen LogP contribution in [-0.4, -0.2) is 54.8 Å². The third kappa shape index (κ3) is 6.80. The van der Waals surface area contributed by atoms with Gasteiger partial charge >= 0.3 is 0 Å². The Hall–Kier alpha value is -1.87. The van der Waals surface area contributed by atoms with Crippen LogP contribution in [0.1, 0.15) is 13.8 Å². The van der Waals surface area contributed by atoms with Gasteiger partial charge in [-0.2, -0.15) is 0 Å². The molecule has 1 aromatic heterocycles. The van der Waals surface area contributed by atoms with E-state index < -0.39 is 0 Å². The van der Waals surface area contributed by atoms with Gasteiger partial charge in [-0.05, 0) is 55.6 Å². The molecule has 3 aromatic rings. The van der Waals surface area contributed by atoms with Crippen LogP contribution < -0.4 is 9.64 Å². The molecule has 1 amide bonds. The molecule has 0 N–H and O–H groups in total. The van der Waals surface area contributed by atoms with E-state index in [9.17, 15) is 9.18 Å². The van der Waals surface area contributed by atoms with Crippen molar-refractivity contribution in [2.45, 2.75) is 18.7 Å². The van der Waals surface area contributed by atoms with Crippen LogP contribution in [0, 0.1) is 5.82 Å². The van der Waals surface area contributed by atoms with Gasteiger partial charge in [0.1, 0.15) is 11.6 Å². The monoisotopic (exact) mass is 483 g/mol. The van der Waals surface area contributed by atoms with E-state index in [1.807, 2.05) is 18.2 Å². The molecule has 0 aliphatic heterocycles. The van der Waals surface area contributed by atoms with E-state index in [0.29, 0.717) is 11.7 Å². The molecule has 31 heavy (non-hydrogen) atoms. The zero-order valence-electron chi connectivity index (χ0n) is 17.8. The van der Waals surface area contributed by atoms with Crippen molar-refractivity contribution < 1.29 is 13.9 Å². The number of thiazole rings is 1. The topological polar surface area (TPSA) is 45.7 Å². The van der Waals surface area contributed by atoms with E-state index in [1.54, 1.807) is 24.1 Å². The maximum absolute atomic E-state index is 13.1. The third-order valence-electron chi connectivity index (χ3n) is 4.83. The Labute approximate surface area is 197 Å². The number of thioether (sulfide) groups is 1. The quantitative estimate of drug-likeness (QED) is 0.364. The molecule has 0 unspecified atom stereocenters. The lowest BCUT2D eigenvalue weighted by atomic mass is 10.3. The third-order valence-corrected chi connectivity index (χ3v) is 6.86. The number of benzene rings is 2. The van der Waals surface area contributed by atoms with Crippen molar-refractivity contribution in [3.05, 3.63) is 48.3 Å². The summed E-state index contributed by atoms with van der Waals surface area (Å²) in [5, 5.41) is 0.690.